The zero-order chi connectivity index (χ0) is 12.8. The predicted octanol–water partition coefficient (Wildman–Crippen LogP) is 0.770. The van der Waals surface area contributed by atoms with Crippen molar-refractivity contribution in [1.29, 1.82) is 0 Å². The Hall–Kier alpha value is -2.11. The number of aromatic hydroxyl groups is 1. The number of carboxylic acids is 1. The molecule has 6 heteroatoms. The molecule has 1 rings (SSSR count). The molecule has 0 spiro atoms. The van der Waals surface area contributed by atoms with Crippen LogP contribution in [0, 0.1) is 0 Å². The first-order valence-corrected chi connectivity index (χ1v) is 5.19. The molecule has 0 radical (unpaired) electrons. The Labute approximate surface area is 98.3 Å². The molecule has 17 heavy (non-hydrogen) atoms. The van der Waals surface area contributed by atoms with Crippen LogP contribution in [0.3, 0.4) is 0 Å². The number of hydrogen-bond acceptors (Lipinski definition) is 4. The Balaban J connectivity index is 2.67. The standard InChI is InChI=1S/C11H14N2O4/c1-2-8(4-10(15)16)13-11(17)7-3-9(14)6-12-5-7/h3,5-6,8,14H,2,4H2,1H3,(H,13,17)(H,15,16). The maximum absolute atomic E-state index is 11.7. The minimum atomic E-state index is -0.966. The van der Waals surface area contributed by atoms with E-state index in [1.165, 1.54) is 18.5 Å². The fourth-order valence-corrected chi connectivity index (χ4v) is 1.33. The second kappa shape index (κ2) is 5.83. The SMILES string of the molecule is CCC(CC(=O)O)NC(=O)c1cncc(O)c1. The highest BCUT2D eigenvalue weighted by atomic mass is 16.4. The minimum Gasteiger partial charge on any atom is -0.506 e. The van der Waals surface area contributed by atoms with Crippen molar-refractivity contribution in [3.05, 3.63) is 24.0 Å². The summed E-state index contributed by atoms with van der Waals surface area (Å²) in [6.07, 6.45) is 2.91. The molecule has 0 bridgehead atoms. The van der Waals surface area contributed by atoms with Crippen LogP contribution in [0.5, 0.6) is 5.75 Å². The van der Waals surface area contributed by atoms with Crippen LogP contribution in [0.4, 0.5) is 0 Å². The molecule has 1 atom stereocenters. The fourth-order valence-electron chi connectivity index (χ4n) is 1.33. The number of carboxylic acid groups (broad SMARTS) is 1. The molecule has 0 aliphatic rings. The molecule has 1 aromatic heterocycles. The molecular weight excluding hydrogens is 224 g/mol. The third-order valence-corrected chi connectivity index (χ3v) is 2.24. The monoisotopic (exact) mass is 238 g/mol. The molecule has 0 saturated carbocycles. The number of aliphatic carboxylic acids is 1. The normalized spacial score (nSPS) is 11.8. The van der Waals surface area contributed by atoms with Crippen LogP contribution in [0.2, 0.25) is 0 Å². The topological polar surface area (TPSA) is 99.5 Å². The Morgan fingerprint density at radius 3 is 2.71 bits per heavy atom. The molecule has 0 aliphatic heterocycles. The van der Waals surface area contributed by atoms with Gasteiger partial charge in [0.05, 0.1) is 18.2 Å². The first kappa shape index (κ1) is 13.0. The maximum Gasteiger partial charge on any atom is 0.305 e. The average Bonchev–Trinajstić information content (AvgIpc) is 2.27. The van der Waals surface area contributed by atoms with E-state index in [4.69, 9.17) is 10.2 Å². The first-order chi connectivity index (χ1) is 8.02. The molecule has 0 saturated heterocycles. The largest absolute Gasteiger partial charge is 0.506 e. The molecule has 1 amide bonds. The molecule has 3 N–H and O–H groups in total. The van der Waals surface area contributed by atoms with Crippen LogP contribution < -0.4 is 5.32 Å². The van der Waals surface area contributed by atoms with E-state index in [0.29, 0.717) is 6.42 Å². The van der Waals surface area contributed by atoms with Crippen molar-refractivity contribution in [3.8, 4) is 5.75 Å². The zero-order valence-corrected chi connectivity index (χ0v) is 9.38. The molecule has 1 unspecified atom stereocenters. The molecular formula is C11H14N2O4. The molecule has 1 heterocycles. The fraction of sp³-hybridized carbons (Fsp3) is 0.364. The second-order valence-electron chi connectivity index (χ2n) is 3.61. The summed E-state index contributed by atoms with van der Waals surface area (Å²) < 4.78 is 0. The molecule has 92 valence electrons. The van der Waals surface area contributed by atoms with Gasteiger partial charge in [-0.05, 0) is 12.5 Å². The number of aromatic nitrogens is 1. The van der Waals surface area contributed by atoms with Crippen molar-refractivity contribution < 1.29 is 19.8 Å². The van der Waals surface area contributed by atoms with Crippen molar-refractivity contribution in [2.45, 2.75) is 25.8 Å². The van der Waals surface area contributed by atoms with E-state index in [1.807, 2.05) is 0 Å². The number of nitrogens with zero attached hydrogens (tertiary/aromatic N) is 1. The van der Waals surface area contributed by atoms with Crippen LogP contribution in [0.1, 0.15) is 30.1 Å². The van der Waals surface area contributed by atoms with Gasteiger partial charge in [0.2, 0.25) is 0 Å². The average molecular weight is 238 g/mol. The van der Waals surface area contributed by atoms with Crippen LogP contribution in [-0.4, -0.2) is 33.1 Å². The van der Waals surface area contributed by atoms with E-state index in [2.05, 4.69) is 10.3 Å². The number of rotatable bonds is 5. The van der Waals surface area contributed by atoms with Gasteiger partial charge in [-0.25, -0.2) is 0 Å². The number of nitrogens with one attached hydrogen (secondary N) is 1. The maximum atomic E-state index is 11.7. The van der Waals surface area contributed by atoms with E-state index in [-0.39, 0.29) is 17.7 Å². The lowest BCUT2D eigenvalue weighted by molar-refractivity contribution is -0.137. The zero-order valence-electron chi connectivity index (χ0n) is 9.38. The van der Waals surface area contributed by atoms with E-state index in [9.17, 15) is 9.59 Å². The third-order valence-electron chi connectivity index (χ3n) is 2.24. The summed E-state index contributed by atoms with van der Waals surface area (Å²) >= 11 is 0. The van der Waals surface area contributed by atoms with Crippen molar-refractivity contribution in [1.82, 2.24) is 10.3 Å². The Kier molecular flexibility index (Phi) is 4.45. The van der Waals surface area contributed by atoms with Crippen LogP contribution in [0.15, 0.2) is 18.5 Å². The van der Waals surface area contributed by atoms with E-state index >= 15 is 0 Å². The van der Waals surface area contributed by atoms with Gasteiger partial charge < -0.3 is 15.5 Å². The lowest BCUT2D eigenvalue weighted by Crippen LogP contribution is -2.36. The van der Waals surface area contributed by atoms with Gasteiger partial charge in [0.1, 0.15) is 5.75 Å². The lowest BCUT2D eigenvalue weighted by Gasteiger charge is -2.14. The Bertz CT molecular complexity index is 420. The van der Waals surface area contributed by atoms with Gasteiger partial charge >= 0.3 is 5.97 Å². The first-order valence-electron chi connectivity index (χ1n) is 5.19. The number of carbonyl (C=O) groups excluding carboxylic acids is 1. The van der Waals surface area contributed by atoms with Gasteiger partial charge in [-0.15, -0.1) is 0 Å². The van der Waals surface area contributed by atoms with E-state index in [1.54, 1.807) is 6.92 Å². The minimum absolute atomic E-state index is 0.107. The number of pyridine rings is 1. The summed E-state index contributed by atoms with van der Waals surface area (Å²) in [6, 6.07) is 0.845. The van der Waals surface area contributed by atoms with Gasteiger partial charge in [0, 0.05) is 12.2 Å². The van der Waals surface area contributed by atoms with Crippen molar-refractivity contribution in [2.24, 2.45) is 0 Å². The number of amides is 1. The summed E-state index contributed by atoms with van der Waals surface area (Å²) in [5.41, 5.74) is 0.203. The summed E-state index contributed by atoms with van der Waals surface area (Å²) in [7, 11) is 0. The quantitative estimate of drug-likeness (QED) is 0.703. The summed E-state index contributed by atoms with van der Waals surface area (Å²) in [6.45, 7) is 1.79. The van der Waals surface area contributed by atoms with Gasteiger partial charge in [-0.2, -0.15) is 0 Å². The highest BCUT2D eigenvalue weighted by Crippen LogP contribution is 2.09. The highest BCUT2D eigenvalue weighted by molar-refractivity contribution is 5.94. The molecule has 0 aliphatic carbocycles. The smallest absolute Gasteiger partial charge is 0.305 e. The second-order valence-corrected chi connectivity index (χ2v) is 3.61. The van der Waals surface area contributed by atoms with Gasteiger partial charge in [0.25, 0.3) is 5.91 Å². The molecule has 0 aromatic carbocycles. The number of carbonyl (C=O) groups is 2. The summed E-state index contributed by atoms with van der Waals surface area (Å²) in [5.74, 6) is -1.52. The van der Waals surface area contributed by atoms with E-state index < -0.39 is 17.9 Å². The predicted molar refractivity (Wildman–Crippen MR) is 59.7 cm³/mol. The lowest BCUT2D eigenvalue weighted by atomic mass is 10.1. The van der Waals surface area contributed by atoms with Crippen LogP contribution in [0.25, 0.3) is 0 Å². The summed E-state index contributed by atoms with van der Waals surface area (Å²) in [4.78, 5) is 25.9. The van der Waals surface area contributed by atoms with Crippen molar-refractivity contribution in [3.63, 3.8) is 0 Å². The van der Waals surface area contributed by atoms with Gasteiger partial charge in [-0.1, -0.05) is 6.92 Å². The molecule has 6 nitrogen and oxygen atoms in total. The van der Waals surface area contributed by atoms with Crippen LogP contribution >= 0.6 is 0 Å². The Morgan fingerprint density at radius 1 is 1.47 bits per heavy atom. The number of hydrogen-bond donors (Lipinski definition) is 3. The Morgan fingerprint density at radius 2 is 2.18 bits per heavy atom. The molecule has 0 fully saturated rings. The van der Waals surface area contributed by atoms with E-state index in [0.717, 1.165) is 0 Å². The third kappa shape index (κ3) is 4.10. The van der Waals surface area contributed by atoms with Crippen molar-refractivity contribution in [2.75, 3.05) is 0 Å². The van der Waals surface area contributed by atoms with Gasteiger partial charge in [0.15, 0.2) is 0 Å². The van der Waals surface area contributed by atoms with Gasteiger partial charge in [-0.3, -0.25) is 14.6 Å². The van der Waals surface area contributed by atoms with Crippen LogP contribution in [-0.2, 0) is 4.79 Å². The molecule has 1 aromatic rings. The van der Waals surface area contributed by atoms with Crippen molar-refractivity contribution >= 4 is 11.9 Å². The summed E-state index contributed by atoms with van der Waals surface area (Å²) in [5, 5.41) is 20.4. The highest BCUT2D eigenvalue weighted by Gasteiger charge is 2.15.